The lowest BCUT2D eigenvalue weighted by atomic mass is 10.1. The van der Waals surface area contributed by atoms with E-state index in [1.165, 1.54) is 26.4 Å². The normalized spacial score (nSPS) is 10.4. The summed E-state index contributed by atoms with van der Waals surface area (Å²) in [6, 6.07) is 3.05. The van der Waals surface area contributed by atoms with Crippen molar-refractivity contribution in [3.63, 3.8) is 0 Å². The maximum Gasteiger partial charge on any atom is 0.235 e. The Morgan fingerprint density at radius 3 is 2.56 bits per heavy atom. The first-order valence-corrected chi connectivity index (χ1v) is 4.35. The van der Waals surface area contributed by atoms with E-state index in [4.69, 9.17) is 9.47 Å². The van der Waals surface area contributed by atoms with E-state index in [1.807, 2.05) is 0 Å². The highest BCUT2D eigenvalue weighted by molar-refractivity contribution is 5.65. The van der Waals surface area contributed by atoms with Crippen LogP contribution in [0.5, 0.6) is 17.2 Å². The minimum atomic E-state index is -0.615. The summed E-state index contributed by atoms with van der Waals surface area (Å²) in [6.07, 6.45) is 1.91. The van der Waals surface area contributed by atoms with Crippen LogP contribution in [0.1, 0.15) is 5.56 Å². The summed E-state index contributed by atoms with van der Waals surface area (Å²) in [5.41, 5.74) is 0.286. The van der Waals surface area contributed by atoms with Crippen LogP contribution in [0.25, 0.3) is 6.08 Å². The van der Waals surface area contributed by atoms with Gasteiger partial charge in [0.15, 0.2) is 11.5 Å². The van der Waals surface area contributed by atoms with Crippen LogP contribution < -0.4 is 9.47 Å². The van der Waals surface area contributed by atoms with Gasteiger partial charge in [0.2, 0.25) is 11.9 Å². The number of ether oxygens (including phenoxy) is 2. The van der Waals surface area contributed by atoms with E-state index in [9.17, 15) is 15.2 Å². The number of phenols is 1. The number of aromatic hydroxyl groups is 1. The Morgan fingerprint density at radius 1 is 1.38 bits per heavy atom. The number of hydrogen-bond acceptors (Lipinski definition) is 5. The maximum absolute atomic E-state index is 10.1. The van der Waals surface area contributed by atoms with E-state index < -0.39 is 4.92 Å². The molecule has 0 heterocycles. The second-order valence-corrected chi connectivity index (χ2v) is 2.84. The lowest BCUT2D eigenvalue weighted by molar-refractivity contribution is -0.400. The van der Waals surface area contributed by atoms with Gasteiger partial charge in [0.1, 0.15) is 0 Å². The third-order valence-corrected chi connectivity index (χ3v) is 1.93. The molecule has 16 heavy (non-hydrogen) atoms. The SMILES string of the molecule is COc1ccc(/C=C/[N+](=O)[O-])c(O)c1OC. The van der Waals surface area contributed by atoms with Crippen LogP contribution in [0.15, 0.2) is 18.3 Å². The second kappa shape index (κ2) is 5.01. The molecule has 0 aliphatic carbocycles. The second-order valence-electron chi connectivity index (χ2n) is 2.84. The molecule has 0 saturated carbocycles. The van der Waals surface area contributed by atoms with Gasteiger partial charge in [0.05, 0.1) is 19.1 Å². The Balaban J connectivity index is 3.18. The van der Waals surface area contributed by atoms with Crippen molar-refractivity contribution in [2.75, 3.05) is 14.2 Å². The van der Waals surface area contributed by atoms with Gasteiger partial charge in [0, 0.05) is 11.6 Å². The highest BCUT2D eigenvalue weighted by atomic mass is 16.6. The van der Waals surface area contributed by atoms with E-state index in [0.29, 0.717) is 5.75 Å². The Kier molecular flexibility index (Phi) is 3.71. The van der Waals surface area contributed by atoms with Gasteiger partial charge in [-0.05, 0) is 12.1 Å². The molecular weight excluding hydrogens is 214 g/mol. The predicted octanol–water partition coefficient (Wildman–Crippen LogP) is 1.66. The van der Waals surface area contributed by atoms with Gasteiger partial charge < -0.3 is 14.6 Å². The van der Waals surface area contributed by atoms with Crippen LogP contribution in [0.2, 0.25) is 0 Å². The molecule has 0 radical (unpaired) electrons. The number of nitro groups is 1. The van der Waals surface area contributed by atoms with Crippen LogP contribution in [-0.4, -0.2) is 24.2 Å². The number of rotatable bonds is 4. The van der Waals surface area contributed by atoms with Crippen molar-refractivity contribution >= 4 is 6.08 Å². The smallest absolute Gasteiger partial charge is 0.235 e. The summed E-state index contributed by atoms with van der Waals surface area (Å²) in [4.78, 5) is 9.53. The van der Waals surface area contributed by atoms with E-state index >= 15 is 0 Å². The van der Waals surface area contributed by atoms with Crippen LogP contribution in [0, 0.1) is 10.1 Å². The van der Waals surface area contributed by atoms with Gasteiger partial charge in [-0.1, -0.05) is 0 Å². The molecule has 1 aromatic carbocycles. The first kappa shape index (κ1) is 11.8. The van der Waals surface area contributed by atoms with Crippen molar-refractivity contribution in [2.45, 2.75) is 0 Å². The van der Waals surface area contributed by atoms with Crippen molar-refractivity contribution < 1.29 is 19.5 Å². The molecule has 6 heteroatoms. The number of hydrogen-bond donors (Lipinski definition) is 1. The van der Waals surface area contributed by atoms with Crippen LogP contribution in [-0.2, 0) is 0 Å². The zero-order valence-electron chi connectivity index (χ0n) is 8.84. The van der Waals surface area contributed by atoms with Gasteiger partial charge in [-0.15, -0.1) is 0 Å². The van der Waals surface area contributed by atoms with Gasteiger partial charge in [0.25, 0.3) is 0 Å². The number of nitrogens with zero attached hydrogens (tertiary/aromatic N) is 1. The van der Waals surface area contributed by atoms with Crippen molar-refractivity contribution in [1.29, 1.82) is 0 Å². The maximum atomic E-state index is 10.1. The molecule has 0 atom stereocenters. The van der Waals surface area contributed by atoms with Gasteiger partial charge in [-0.2, -0.15) is 0 Å². The molecule has 0 spiro atoms. The topological polar surface area (TPSA) is 81.8 Å². The quantitative estimate of drug-likeness (QED) is 0.622. The summed E-state index contributed by atoms with van der Waals surface area (Å²) in [5, 5.41) is 19.9. The third kappa shape index (κ3) is 2.41. The molecular formula is C10H11NO5. The molecule has 0 aliphatic heterocycles. The largest absolute Gasteiger partial charge is 0.504 e. The fourth-order valence-electron chi connectivity index (χ4n) is 1.20. The molecule has 0 amide bonds. The predicted molar refractivity (Wildman–Crippen MR) is 57.2 cm³/mol. The Labute approximate surface area is 91.9 Å². The summed E-state index contributed by atoms with van der Waals surface area (Å²) in [7, 11) is 2.81. The van der Waals surface area contributed by atoms with Crippen molar-refractivity contribution in [1.82, 2.24) is 0 Å². The third-order valence-electron chi connectivity index (χ3n) is 1.93. The summed E-state index contributed by atoms with van der Waals surface area (Å²) in [6.45, 7) is 0. The van der Waals surface area contributed by atoms with Crippen LogP contribution >= 0.6 is 0 Å². The standard InChI is InChI=1S/C10H11NO5/c1-15-8-4-3-7(5-6-11(13)14)9(12)10(8)16-2/h3-6,12H,1-2H3/b6-5+. The highest BCUT2D eigenvalue weighted by Gasteiger charge is 2.12. The highest BCUT2D eigenvalue weighted by Crippen LogP contribution is 2.39. The van der Waals surface area contributed by atoms with Gasteiger partial charge >= 0.3 is 0 Å². The number of phenolic OH excluding ortho intramolecular Hbond substituents is 1. The Hall–Kier alpha value is -2.24. The number of benzene rings is 1. The molecule has 0 saturated heterocycles. The summed E-state index contributed by atoms with van der Waals surface area (Å²) >= 11 is 0. The average molecular weight is 225 g/mol. The lowest BCUT2D eigenvalue weighted by Gasteiger charge is -2.10. The van der Waals surface area contributed by atoms with E-state index in [2.05, 4.69) is 0 Å². The van der Waals surface area contributed by atoms with Gasteiger partial charge in [-0.3, -0.25) is 10.1 Å². The molecule has 0 aromatic heterocycles. The van der Waals surface area contributed by atoms with Crippen molar-refractivity contribution in [2.24, 2.45) is 0 Å². The fourth-order valence-corrected chi connectivity index (χ4v) is 1.20. The molecule has 0 unspecified atom stereocenters. The van der Waals surface area contributed by atoms with Crippen molar-refractivity contribution in [3.05, 3.63) is 34.0 Å². The van der Waals surface area contributed by atoms with E-state index in [1.54, 1.807) is 6.07 Å². The zero-order chi connectivity index (χ0) is 12.1. The molecule has 0 aliphatic rings. The molecule has 1 rings (SSSR count). The summed E-state index contributed by atoms with van der Waals surface area (Å²) in [5.74, 6) is 0.311. The fraction of sp³-hybridized carbons (Fsp3) is 0.200. The van der Waals surface area contributed by atoms with Crippen molar-refractivity contribution in [3.8, 4) is 17.2 Å². The Morgan fingerprint density at radius 2 is 2.06 bits per heavy atom. The minimum Gasteiger partial charge on any atom is -0.504 e. The minimum absolute atomic E-state index is 0.146. The molecule has 6 nitrogen and oxygen atoms in total. The number of methoxy groups -OCH3 is 2. The van der Waals surface area contributed by atoms with E-state index in [-0.39, 0.29) is 17.1 Å². The summed E-state index contributed by atoms with van der Waals surface area (Å²) < 4.78 is 9.89. The van der Waals surface area contributed by atoms with Gasteiger partial charge in [-0.25, -0.2) is 0 Å². The first-order chi connectivity index (χ1) is 7.60. The van der Waals surface area contributed by atoms with Crippen LogP contribution in [0.3, 0.4) is 0 Å². The Bertz CT molecular complexity index is 427. The molecule has 86 valence electrons. The zero-order valence-corrected chi connectivity index (χ0v) is 8.84. The first-order valence-electron chi connectivity index (χ1n) is 4.35. The monoisotopic (exact) mass is 225 g/mol. The van der Waals surface area contributed by atoms with E-state index in [0.717, 1.165) is 6.20 Å². The molecule has 0 fully saturated rings. The molecule has 1 N–H and O–H groups in total. The molecule has 1 aromatic rings. The average Bonchev–Trinajstić information content (AvgIpc) is 2.26. The lowest BCUT2D eigenvalue weighted by Crippen LogP contribution is -1.92. The van der Waals surface area contributed by atoms with Crippen LogP contribution in [0.4, 0.5) is 0 Å². The molecule has 0 bridgehead atoms.